The van der Waals surface area contributed by atoms with Crippen molar-refractivity contribution in [1.82, 2.24) is 4.98 Å². The zero-order valence-corrected chi connectivity index (χ0v) is 16.9. The van der Waals surface area contributed by atoms with Gasteiger partial charge in [-0.15, -0.1) is 11.3 Å². The first-order valence-corrected chi connectivity index (χ1v) is 10.8. The van der Waals surface area contributed by atoms with Gasteiger partial charge in [-0.3, -0.25) is 9.69 Å². The smallest absolute Gasteiger partial charge is 0.273 e. The second-order valence-electron chi connectivity index (χ2n) is 7.35. The predicted molar refractivity (Wildman–Crippen MR) is 113 cm³/mol. The molecule has 0 saturated heterocycles. The Labute approximate surface area is 173 Å². The van der Waals surface area contributed by atoms with Crippen LogP contribution >= 0.6 is 11.3 Å². The molecule has 0 unspecified atom stereocenters. The van der Waals surface area contributed by atoms with Gasteiger partial charge < -0.3 is 9.47 Å². The number of hydrogen-bond acceptors (Lipinski definition) is 5. The SMILES string of the molecule is O=C([C@@H]1COc2ccccc2O1)N(Cc1ccccc1)c1nc2c(s1)CCCC2. The van der Waals surface area contributed by atoms with E-state index >= 15 is 0 Å². The van der Waals surface area contributed by atoms with Gasteiger partial charge in [0.05, 0.1) is 12.2 Å². The number of fused-ring (bicyclic) bond motifs is 2. The van der Waals surface area contributed by atoms with Crippen LogP contribution in [0.5, 0.6) is 11.5 Å². The lowest BCUT2D eigenvalue weighted by atomic mass is 10.0. The van der Waals surface area contributed by atoms with Crippen molar-refractivity contribution < 1.29 is 14.3 Å². The number of benzene rings is 2. The maximum atomic E-state index is 13.5. The lowest BCUT2D eigenvalue weighted by Crippen LogP contribution is -2.46. The zero-order chi connectivity index (χ0) is 19.6. The second-order valence-corrected chi connectivity index (χ2v) is 8.41. The molecule has 1 aromatic heterocycles. The number of hydrogen-bond donors (Lipinski definition) is 0. The molecule has 1 aliphatic carbocycles. The first-order valence-electron chi connectivity index (χ1n) is 10.0. The van der Waals surface area contributed by atoms with Gasteiger partial charge in [-0.05, 0) is 43.4 Å². The van der Waals surface area contributed by atoms with Crippen LogP contribution in [-0.2, 0) is 24.2 Å². The molecule has 6 heteroatoms. The molecular weight excluding hydrogens is 384 g/mol. The summed E-state index contributed by atoms with van der Waals surface area (Å²) in [5, 5.41) is 0.758. The van der Waals surface area contributed by atoms with Crippen molar-refractivity contribution in [1.29, 1.82) is 0 Å². The summed E-state index contributed by atoms with van der Waals surface area (Å²) >= 11 is 1.64. The van der Waals surface area contributed by atoms with E-state index in [1.807, 2.05) is 54.6 Å². The number of anilines is 1. The third-order valence-electron chi connectivity index (χ3n) is 5.30. The van der Waals surface area contributed by atoms with Crippen molar-refractivity contribution in [3.05, 3.63) is 70.7 Å². The Hall–Kier alpha value is -2.86. The molecule has 2 aliphatic rings. The lowest BCUT2D eigenvalue weighted by molar-refractivity contribution is -0.127. The third kappa shape index (κ3) is 3.72. The number of nitrogens with zero attached hydrogens (tertiary/aromatic N) is 2. The third-order valence-corrected chi connectivity index (χ3v) is 6.48. The second kappa shape index (κ2) is 7.87. The molecule has 1 atom stereocenters. The highest BCUT2D eigenvalue weighted by Gasteiger charge is 2.33. The van der Waals surface area contributed by atoms with Crippen LogP contribution in [-0.4, -0.2) is 23.6 Å². The van der Waals surface area contributed by atoms with E-state index in [0.717, 1.165) is 29.2 Å². The molecule has 148 valence electrons. The average molecular weight is 407 g/mol. The van der Waals surface area contributed by atoms with E-state index in [9.17, 15) is 4.79 Å². The maximum absolute atomic E-state index is 13.5. The minimum Gasteiger partial charge on any atom is -0.485 e. The van der Waals surface area contributed by atoms with Crippen molar-refractivity contribution in [2.24, 2.45) is 0 Å². The minimum absolute atomic E-state index is 0.116. The minimum atomic E-state index is -0.686. The van der Waals surface area contributed by atoms with Crippen molar-refractivity contribution in [2.75, 3.05) is 11.5 Å². The number of aromatic nitrogens is 1. The summed E-state index contributed by atoms with van der Waals surface area (Å²) in [4.78, 5) is 21.4. The summed E-state index contributed by atoms with van der Waals surface area (Å²) in [7, 11) is 0. The molecule has 2 aromatic carbocycles. The van der Waals surface area contributed by atoms with Crippen molar-refractivity contribution >= 4 is 22.4 Å². The van der Waals surface area contributed by atoms with E-state index in [2.05, 4.69) is 0 Å². The first kappa shape index (κ1) is 18.2. The number of para-hydroxylation sites is 2. The Kier molecular flexibility index (Phi) is 4.94. The molecule has 3 aromatic rings. The summed E-state index contributed by atoms with van der Waals surface area (Å²) in [5.41, 5.74) is 2.21. The predicted octanol–water partition coefficient (Wildman–Crippen LogP) is 4.40. The number of rotatable bonds is 4. The summed E-state index contributed by atoms with van der Waals surface area (Å²) in [6.45, 7) is 0.666. The molecule has 0 N–H and O–H groups in total. The standard InChI is InChI=1S/C23H22N2O3S/c26-22(20-15-27-18-11-5-6-12-19(18)28-20)25(14-16-8-2-1-3-9-16)23-24-17-10-4-7-13-21(17)29-23/h1-3,5-6,8-9,11-12,20H,4,7,10,13-15H2/t20-/m0/s1. The molecular formula is C23H22N2O3S. The first-order chi connectivity index (χ1) is 14.3. The van der Waals surface area contributed by atoms with E-state index in [4.69, 9.17) is 14.5 Å². The Bertz CT molecular complexity index is 994. The molecule has 5 nitrogen and oxygen atoms in total. The van der Waals surface area contributed by atoms with Crippen molar-refractivity contribution in [3.8, 4) is 11.5 Å². The van der Waals surface area contributed by atoms with Crippen LogP contribution in [0.25, 0.3) is 0 Å². The molecule has 0 spiro atoms. The van der Waals surface area contributed by atoms with E-state index in [0.29, 0.717) is 18.0 Å². The van der Waals surface area contributed by atoms with E-state index in [1.165, 1.54) is 17.7 Å². The van der Waals surface area contributed by atoms with Gasteiger partial charge in [-0.25, -0.2) is 4.98 Å². The van der Waals surface area contributed by atoms with Crippen LogP contribution in [0.4, 0.5) is 5.13 Å². The largest absolute Gasteiger partial charge is 0.485 e. The topological polar surface area (TPSA) is 51.7 Å². The normalized spacial score (nSPS) is 17.4. The van der Waals surface area contributed by atoms with Gasteiger partial charge in [0.25, 0.3) is 5.91 Å². The monoisotopic (exact) mass is 406 g/mol. The molecule has 1 aliphatic heterocycles. The van der Waals surface area contributed by atoms with E-state index < -0.39 is 6.10 Å². The number of thiazole rings is 1. The molecule has 0 saturated carbocycles. The summed E-state index contributed by atoms with van der Waals surface area (Å²) < 4.78 is 11.8. The molecule has 29 heavy (non-hydrogen) atoms. The quantitative estimate of drug-likeness (QED) is 0.645. The van der Waals surface area contributed by atoms with Gasteiger partial charge in [0.15, 0.2) is 16.6 Å². The number of amides is 1. The molecule has 0 fully saturated rings. The van der Waals surface area contributed by atoms with Gasteiger partial charge in [0, 0.05) is 4.88 Å². The van der Waals surface area contributed by atoms with E-state index in [-0.39, 0.29) is 12.5 Å². The number of carbonyl (C=O) groups is 1. The summed E-state index contributed by atoms with van der Waals surface area (Å²) in [6, 6.07) is 17.5. The van der Waals surface area contributed by atoms with Gasteiger partial charge in [0.1, 0.15) is 6.61 Å². The number of ether oxygens (including phenoxy) is 2. The lowest BCUT2D eigenvalue weighted by Gasteiger charge is -2.29. The molecule has 5 rings (SSSR count). The Morgan fingerprint density at radius 2 is 1.79 bits per heavy atom. The Morgan fingerprint density at radius 3 is 2.62 bits per heavy atom. The fraction of sp³-hybridized carbons (Fsp3) is 0.304. The molecule has 0 radical (unpaired) electrons. The van der Waals surface area contributed by atoms with Crippen LogP contribution < -0.4 is 14.4 Å². The Balaban J connectivity index is 1.45. The Morgan fingerprint density at radius 1 is 1.03 bits per heavy atom. The van der Waals surface area contributed by atoms with Crippen molar-refractivity contribution in [2.45, 2.75) is 38.3 Å². The fourth-order valence-corrected chi connectivity index (χ4v) is 4.93. The highest BCUT2D eigenvalue weighted by molar-refractivity contribution is 7.15. The zero-order valence-electron chi connectivity index (χ0n) is 16.0. The average Bonchev–Trinajstić information content (AvgIpc) is 3.21. The van der Waals surface area contributed by atoms with Gasteiger partial charge in [-0.1, -0.05) is 42.5 Å². The highest BCUT2D eigenvalue weighted by Crippen LogP contribution is 2.35. The fourth-order valence-electron chi connectivity index (χ4n) is 3.77. The number of carbonyl (C=O) groups excluding carboxylic acids is 1. The molecule has 1 amide bonds. The van der Waals surface area contributed by atoms with Crippen molar-refractivity contribution in [3.63, 3.8) is 0 Å². The van der Waals surface area contributed by atoms with Crippen LogP contribution in [0.3, 0.4) is 0 Å². The van der Waals surface area contributed by atoms with Crippen LogP contribution in [0.1, 0.15) is 29.0 Å². The van der Waals surface area contributed by atoms with Crippen LogP contribution in [0.2, 0.25) is 0 Å². The summed E-state index contributed by atoms with van der Waals surface area (Å²) in [5.74, 6) is 1.17. The molecule has 0 bridgehead atoms. The highest BCUT2D eigenvalue weighted by atomic mass is 32.1. The van der Waals surface area contributed by atoms with Crippen LogP contribution in [0.15, 0.2) is 54.6 Å². The van der Waals surface area contributed by atoms with E-state index in [1.54, 1.807) is 16.2 Å². The van der Waals surface area contributed by atoms with Crippen LogP contribution in [0, 0.1) is 0 Å². The van der Waals surface area contributed by atoms with Gasteiger partial charge >= 0.3 is 0 Å². The molecule has 2 heterocycles. The maximum Gasteiger partial charge on any atom is 0.273 e. The number of aryl methyl sites for hydroxylation is 2. The van der Waals surface area contributed by atoms with Gasteiger partial charge in [0.2, 0.25) is 6.10 Å². The van der Waals surface area contributed by atoms with Gasteiger partial charge in [-0.2, -0.15) is 0 Å². The summed E-state index contributed by atoms with van der Waals surface area (Å²) in [6.07, 6.45) is 3.72.